The molecule has 0 aromatic heterocycles. The van der Waals surface area contributed by atoms with Crippen LogP contribution in [0.15, 0.2) is 36.4 Å². The van der Waals surface area contributed by atoms with Crippen molar-refractivity contribution in [1.29, 1.82) is 0 Å². The van der Waals surface area contributed by atoms with Crippen LogP contribution < -0.4 is 15.0 Å². The van der Waals surface area contributed by atoms with Crippen molar-refractivity contribution in [3.8, 4) is 16.9 Å². The predicted octanol–water partition coefficient (Wildman–Crippen LogP) is 4.54. The van der Waals surface area contributed by atoms with E-state index in [1.807, 2.05) is 55.4 Å². The number of hydrogen-bond acceptors (Lipinski definition) is 7. The Morgan fingerprint density at radius 2 is 2.02 bits per heavy atom. The van der Waals surface area contributed by atoms with Gasteiger partial charge in [-0.25, -0.2) is 0 Å². The minimum absolute atomic E-state index is 0.0891. The first kappa shape index (κ1) is 29.5. The molecule has 6 rings (SSSR count). The summed E-state index contributed by atoms with van der Waals surface area (Å²) in [5.74, 6) is 1.88. The Hall–Kier alpha value is -2.94. The van der Waals surface area contributed by atoms with Gasteiger partial charge in [0.05, 0.1) is 26.4 Å². The standard InChI is InChI=1S/C33H45N3O5/c1-19-28-14-24(33(28,3)4)15-29(19)34-32(39)30-27(20(2)38)18-41-36(30)16-22-9-8-10-26(31(22)40-7)23-11-21(17-37)12-25(13-23)35(5)6/h8-13,17,19-20,24,27-30,38H,14-16,18H2,1-7H3,(H,34,39)/t19-,20-,24+,27+,28-,29-,30-/m0/s1. The summed E-state index contributed by atoms with van der Waals surface area (Å²) < 4.78 is 5.92. The Balaban J connectivity index is 1.41. The number of methoxy groups -OCH3 is 1. The molecule has 222 valence electrons. The van der Waals surface area contributed by atoms with E-state index >= 15 is 0 Å². The second-order valence-electron chi connectivity index (χ2n) is 13.1. The summed E-state index contributed by atoms with van der Waals surface area (Å²) in [6.45, 7) is 9.28. The lowest BCUT2D eigenvalue weighted by atomic mass is 9.45. The van der Waals surface area contributed by atoms with Crippen LogP contribution in [0.1, 0.15) is 56.5 Å². The van der Waals surface area contributed by atoms with Crippen LogP contribution in [0.5, 0.6) is 5.75 Å². The van der Waals surface area contributed by atoms with Gasteiger partial charge in [-0.1, -0.05) is 39.0 Å². The molecule has 4 fully saturated rings. The monoisotopic (exact) mass is 563 g/mol. The summed E-state index contributed by atoms with van der Waals surface area (Å²) in [6.07, 6.45) is 2.39. The van der Waals surface area contributed by atoms with Crippen LogP contribution in [0.3, 0.4) is 0 Å². The number of hydrogen-bond donors (Lipinski definition) is 2. The molecule has 41 heavy (non-hydrogen) atoms. The third-order valence-electron chi connectivity index (χ3n) is 10.2. The summed E-state index contributed by atoms with van der Waals surface area (Å²) in [6, 6.07) is 11.1. The van der Waals surface area contributed by atoms with Gasteiger partial charge in [0.25, 0.3) is 0 Å². The highest BCUT2D eigenvalue weighted by molar-refractivity contribution is 5.85. The largest absolute Gasteiger partial charge is 0.496 e. The summed E-state index contributed by atoms with van der Waals surface area (Å²) in [7, 11) is 5.51. The third kappa shape index (κ3) is 5.38. The van der Waals surface area contributed by atoms with Crippen molar-refractivity contribution in [1.82, 2.24) is 10.4 Å². The molecule has 0 radical (unpaired) electrons. The molecule has 2 aromatic carbocycles. The fraction of sp³-hybridized carbons (Fsp3) is 0.576. The fourth-order valence-corrected chi connectivity index (χ4v) is 7.51. The zero-order valence-electron chi connectivity index (χ0n) is 25.4. The van der Waals surface area contributed by atoms with Gasteiger partial charge in [-0.05, 0) is 66.7 Å². The second-order valence-corrected chi connectivity index (χ2v) is 13.1. The minimum Gasteiger partial charge on any atom is -0.496 e. The molecule has 4 aliphatic rings. The number of aliphatic hydroxyl groups is 1. The second kappa shape index (κ2) is 11.4. The smallest absolute Gasteiger partial charge is 0.240 e. The number of aldehydes is 1. The number of hydroxylamine groups is 2. The lowest BCUT2D eigenvalue weighted by molar-refractivity contribution is -0.161. The van der Waals surface area contributed by atoms with E-state index in [2.05, 4.69) is 26.1 Å². The molecule has 7 atom stereocenters. The summed E-state index contributed by atoms with van der Waals surface area (Å²) in [5.41, 5.74) is 4.40. The molecule has 1 aliphatic heterocycles. The number of benzene rings is 2. The molecule has 2 N–H and O–H groups in total. The predicted molar refractivity (Wildman–Crippen MR) is 160 cm³/mol. The normalized spacial score (nSPS) is 29.4. The van der Waals surface area contributed by atoms with E-state index in [9.17, 15) is 14.7 Å². The summed E-state index contributed by atoms with van der Waals surface area (Å²) in [4.78, 5) is 33.6. The number of para-hydroxylation sites is 1. The number of aliphatic hydroxyl groups excluding tert-OH is 1. The van der Waals surface area contributed by atoms with Crippen molar-refractivity contribution in [2.45, 2.75) is 65.3 Å². The highest BCUT2D eigenvalue weighted by Gasteiger charge is 2.57. The molecule has 8 heteroatoms. The molecule has 1 heterocycles. The number of ether oxygens (including phenoxy) is 1. The maximum atomic E-state index is 13.9. The topological polar surface area (TPSA) is 91.3 Å². The van der Waals surface area contributed by atoms with Crippen LogP contribution in [0, 0.1) is 29.1 Å². The molecule has 0 unspecified atom stereocenters. The number of carbonyl (C=O) groups excluding carboxylic acids is 2. The molecular formula is C33H45N3O5. The van der Waals surface area contributed by atoms with E-state index in [-0.39, 0.29) is 24.5 Å². The van der Waals surface area contributed by atoms with E-state index in [4.69, 9.17) is 9.57 Å². The summed E-state index contributed by atoms with van der Waals surface area (Å²) in [5, 5.41) is 15.7. The molecule has 1 amide bonds. The number of anilines is 1. The van der Waals surface area contributed by atoms with Crippen molar-refractivity contribution < 1.29 is 24.3 Å². The minimum atomic E-state index is -0.698. The maximum Gasteiger partial charge on any atom is 0.240 e. The first-order valence-corrected chi connectivity index (χ1v) is 14.8. The Kier molecular flexibility index (Phi) is 8.21. The van der Waals surface area contributed by atoms with Crippen molar-refractivity contribution >= 4 is 17.9 Å². The van der Waals surface area contributed by atoms with Gasteiger partial charge in [-0.3, -0.25) is 14.4 Å². The van der Waals surface area contributed by atoms with Crippen LogP contribution in [0.4, 0.5) is 5.69 Å². The Morgan fingerprint density at radius 1 is 1.27 bits per heavy atom. The van der Waals surface area contributed by atoms with Gasteiger partial charge in [0.2, 0.25) is 5.91 Å². The lowest BCUT2D eigenvalue weighted by Crippen LogP contribution is -2.62. The van der Waals surface area contributed by atoms with Gasteiger partial charge in [0.15, 0.2) is 0 Å². The van der Waals surface area contributed by atoms with Crippen molar-refractivity contribution in [3.05, 3.63) is 47.5 Å². The maximum absolute atomic E-state index is 13.9. The van der Waals surface area contributed by atoms with Crippen LogP contribution in [-0.2, 0) is 16.2 Å². The molecule has 2 bridgehead atoms. The van der Waals surface area contributed by atoms with Crippen molar-refractivity contribution in [2.24, 2.45) is 29.1 Å². The number of amides is 1. The number of carbonyl (C=O) groups is 2. The van der Waals surface area contributed by atoms with Crippen molar-refractivity contribution in [2.75, 3.05) is 32.7 Å². The van der Waals surface area contributed by atoms with Gasteiger partial charge in [-0.2, -0.15) is 5.06 Å². The van der Waals surface area contributed by atoms with Gasteiger partial charge < -0.3 is 20.1 Å². The molecule has 8 nitrogen and oxygen atoms in total. The van der Waals surface area contributed by atoms with Gasteiger partial charge in [-0.15, -0.1) is 0 Å². The molecular weight excluding hydrogens is 518 g/mol. The number of fused-ring (bicyclic) bond motifs is 2. The summed E-state index contributed by atoms with van der Waals surface area (Å²) >= 11 is 0. The number of nitrogens with one attached hydrogen (secondary N) is 1. The number of rotatable bonds is 9. The zero-order valence-corrected chi connectivity index (χ0v) is 25.4. The van der Waals surface area contributed by atoms with Gasteiger partial charge in [0, 0.05) is 48.4 Å². The third-order valence-corrected chi connectivity index (χ3v) is 10.2. The van der Waals surface area contributed by atoms with Crippen LogP contribution in [0.25, 0.3) is 11.1 Å². The zero-order chi connectivity index (χ0) is 29.6. The van der Waals surface area contributed by atoms with Gasteiger partial charge in [0.1, 0.15) is 18.1 Å². The number of nitrogens with zero attached hydrogens (tertiary/aromatic N) is 2. The lowest BCUT2D eigenvalue weighted by Gasteiger charge is -2.62. The molecule has 1 saturated heterocycles. The average Bonchev–Trinajstić information content (AvgIpc) is 3.37. The van der Waals surface area contributed by atoms with Gasteiger partial charge >= 0.3 is 0 Å². The quantitative estimate of drug-likeness (QED) is 0.433. The molecule has 2 aromatic rings. The van der Waals surface area contributed by atoms with E-state index in [1.54, 1.807) is 19.1 Å². The molecule has 3 saturated carbocycles. The van der Waals surface area contributed by atoms with E-state index in [1.165, 1.54) is 6.42 Å². The Bertz CT molecular complexity index is 1290. The molecule has 3 aliphatic carbocycles. The first-order valence-electron chi connectivity index (χ1n) is 14.8. The van der Waals surface area contributed by atoms with Crippen LogP contribution in [0.2, 0.25) is 0 Å². The highest BCUT2D eigenvalue weighted by Crippen LogP contribution is 2.61. The molecule has 0 spiro atoms. The Morgan fingerprint density at radius 3 is 2.63 bits per heavy atom. The fourth-order valence-electron chi connectivity index (χ4n) is 7.51. The average molecular weight is 564 g/mol. The van der Waals surface area contributed by atoms with Crippen LogP contribution in [-0.4, -0.2) is 68.4 Å². The van der Waals surface area contributed by atoms with Crippen LogP contribution >= 0.6 is 0 Å². The Labute approximate surface area is 244 Å². The van der Waals surface area contributed by atoms with Crippen molar-refractivity contribution in [3.63, 3.8) is 0 Å². The highest BCUT2D eigenvalue weighted by atomic mass is 16.7. The van der Waals surface area contributed by atoms with E-state index < -0.39 is 12.1 Å². The first-order chi connectivity index (χ1) is 19.5. The van der Waals surface area contributed by atoms with E-state index in [0.717, 1.165) is 35.1 Å². The van der Waals surface area contributed by atoms with E-state index in [0.29, 0.717) is 41.0 Å². The SMILES string of the molecule is COc1c(CN2OC[C@H]([C@H](C)O)[C@H]2C(=O)N[C@H]2C[C@H]3C[C@@H]([C@@H]2C)C3(C)C)cccc1-c1cc(C=O)cc(N(C)C)c1.